The molecule has 1 aromatic heterocycles. The number of unbranched alkanes of at least 4 members (excludes halogenated alkanes) is 8. The van der Waals surface area contributed by atoms with Crippen molar-refractivity contribution in [3.05, 3.63) is 50.5 Å². The molecular formula is C25H34Cl3N3. The number of aryl methyl sites for hydroxylation is 1. The lowest BCUT2D eigenvalue weighted by molar-refractivity contribution is 0.493. The van der Waals surface area contributed by atoms with Gasteiger partial charge in [-0.25, -0.2) is 4.98 Å². The molecule has 1 N–H and O–H groups in total. The maximum Gasteiger partial charge on any atom is 0.137 e. The molecule has 2 aromatic rings. The van der Waals surface area contributed by atoms with Crippen LogP contribution < -0.4 is 0 Å². The Labute approximate surface area is 202 Å². The number of nitriles is 1. The Hall–Kier alpha value is -1.21. The molecule has 0 saturated carbocycles. The highest BCUT2D eigenvalue weighted by atomic mass is 35.5. The molecule has 1 heterocycles. The fraction of sp³-hybridized carbons (Fsp3) is 0.600. The molecule has 6 heteroatoms. The van der Waals surface area contributed by atoms with Gasteiger partial charge in [-0.2, -0.15) is 5.26 Å². The highest BCUT2D eigenvalue weighted by Gasteiger charge is 2.19. The smallest absolute Gasteiger partial charge is 0.137 e. The van der Waals surface area contributed by atoms with Gasteiger partial charge in [0.05, 0.1) is 6.20 Å². The van der Waals surface area contributed by atoms with Gasteiger partial charge in [-0.1, -0.05) is 99.5 Å². The van der Waals surface area contributed by atoms with E-state index in [0.717, 1.165) is 43.5 Å². The van der Waals surface area contributed by atoms with Crippen molar-refractivity contribution in [2.75, 3.05) is 0 Å². The number of aromatic amines is 1. The zero-order valence-electron chi connectivity index (χ0n) is 18.5. The van der Waals surface area contributed by atoms with Gasteiger partial charge in [0.15, 0.2) is 0 Å². The molecule has 0 aliphatic heterocycles. The van der Waals surface area contributed by atoms with Gasteiger partial charge in [0.2, 0.25) is 0 Å². The first-order chi connectivity index (χ1) is 15.0. The number of halogens is 3. The van der Waals surface area contributed by atoms with Crippen molar-refractivity contribution < 1.29 is 0 Å². The van der Waals surface area contributed by atoms with E-state index >= 15 is 0 Å². The van der Waals surface area contributed by atoms with E-state index in [2.05, 4.69) is 23.0 Å². The summed E-state index contributed by atoms with van der Waals surface area (Å²) in [5.74, 6) is 1.21. The number of rotatable bonds is 15. The number of nitrogens with one attached hydrogen (secondary N) is 1. The summed E-state index contributed by atoms with van der Waals surface area (Å²) in [7, 11) is 0. The fourth-order valence-corrected chi connectivity index (χ4v) is 5.26. The van der Waals surface area contributed by atoms with Crippen LogP contribution in [0.1, 0.15) is 107 Å². The molecule has 0 amide bonds. The second-order valence-corrected chi connectivity index (χ2v) is 9.60. The Morgan fingerprint density at radius 3 is 2.06 bits per heavy atom. The number of H-pyrrole nitrogens is 1. The van der Waals surface area contributed by atoms with E-state index in [9.17, 15) is 0 Å². The van der Waals surface area contributed by atoms with Gasteiger partial charge in [0, 0.05) is 21.5 Å². The van der Waals surface area contributed by atoms with Crippen molar-refractivity contribution in [2.45, 2.75) is 96.3 Å². The minimum absolute atomic E-state index is 0.337. The molecule has 1 unspecified atom stereocenters. The molecule has 0 saturated heterocycles. The van der Waals surface area contributed by atoms with Crippen molar-refractivity contribution in [1.29, 1.82) is 5.26 Å². The van der Waals surface area contributed by atoms with Crippen molar-refractivity contribution in [2.24, 2.45) is 0 Å². The zero-order chi connectivity index (χ0) is 22.5. The third-order valence-electron chi connectivity index (χ3n) is 5.82. The van der Waals surface area contributed by atoms with E-state index in [-0.39, 0.29) is 0 Å². The maximum absolute atomic E-state index is 8.91. The van der Waals surface area contributed by atoms with E-state index in [0.29, 0.717) is 26.7 Å². The van der Waals surface area contributed by atoms with Crippen LogP contribution in [0.4, 0.5) is 0 Å². The highest BCUT2D eigenvalue weighted by molar-refractivity contribution is 6.39. The average Bonchev–Trinajstić information content (AvgIpc) is 3.20. The molecule has 170 valence electrons. The fourth-order valence-electron chi connectivity index (χ4n) is 4.13. The molecule has 1 aromatic carbocycles. The normalized spacial score (nSPS) is 12.1. The lowest BCUT2D eigenvalue weighted by atomic mass is 9.88. The van der Waals surface area contributed by atoms with Gasteiger partial charge in [0.25, 0.3) is 0 Å². The first kappa shape index (κ1) is 26.0. The van der Waals surface area contributed by atoms with Gasteiger partial charge < -0.3 is 4.98 Å². The topological polar surface area (TPSA) is 52.5 Å². The van der Waals surface area contributed by atoms with Crippen LogP contribution in [0.5, 0.6) is 0 Å². The molecule has 0 spiro atoms. The number of benzene rings is 1. The summed E-state index contributed by atoms with van der Waals surface area (Å²) in [6, 6.07) is 5.69. The van der Waals surface area contributed by atoms with Gasteiger partial charge in [-0.3, -0.25) is 0 Å². The highest BCUT2D eigenvalue weighted by Crippen LogP contribution is 2.39. The lowest BCUT2D eigenvalue weighted by Crippen LogP contribution is -2.03. The third-order valence-corrected chi connectivity index (χ3v) is 6.67. The van der Waals surface area contributed by atoms with E-state index in [1.165, 1.54) is 51.4 Å². The quantitative estimate of drug-likeness (QED) is 0.257. The number of aromatic nitrogens is 2. The van der Waals surface area contributed by atoms with Crippen LogP contribution in [0.15, 0.2) is 18.3 Å². The number of imidazole rings is 1. The zero-order valence-corrected chi connectivity index (χ0v) is 20.8. The Balaban J connectivity index is 1.86. The van der Waals surface area contributed by atoms with Crippen LogP contribution in [0, 0.1) is 11.3 Å². The second kappa shape index (κ2) is 14.8. The maximum atomic E-state index is 8.91. The van der Waals surface area contributed by atoms with Crippen LogP contribution in [0.2, 0.25) is 15.1 Å². The summed E-state index contributed by atoms with van der Waals surface area (Å²) in [5, 5.41) is 10.8. The second-order valence-electron chi connectivity index (χ2n) is 8.34. The standard InChI is InChI=1S/C25H34Cl3N3/c1-2-3-4-5-6-7-8-9-12-19(25-22(27)15-20(26)16-23(25)28)13-10-11-14-24-30-18-21(17-29)31-24/h15-16,18-19H,2-14H2,1H3,(H,30,31). The van der Waals surface area contributed by atoms with Crippen LogP contribution in [-0.2, 0) is 6.42 Å². The van der Waals surface area contributed by atoms with Gasteiger partial charge in [-0.05, 0) is 42.9 Å². The summed E-state index contributed by atoms with van der Waals surface area (Å²) >= 11 is 19.2. The minimum atomic E-state index is 0.337. The summed E-state index contributed by atoms with van der Waals surface area (Å²) < 4.78 is 0. The summed E-state index contributed by atoms with van der Waals surface area (Å²) in [6.07, 6.45) is 17.1. The molecule has 0 aliphatic rings. The monoisotopic (exact) mass is 481 g/mol. The molecule has 1 atom stereocenters. The Bertz CT molecular complexity index is 803. The number of nitrogens with zero attached hydrogens (tertiary/aromatic N) is 2. The minimum Gasteiger partial charge on any atom is -0.334 e. The predicted molar refractivity (Wildman–Crippen MR) is 132 cm³/mol. The van der Waals surface area contributed by atoms with E-state index in [1.54, 1.807) is 18.3 Å². The van der Waals surface area contributed by atoms with Gasteiger partial charge >= 0.3 is 0 Å². The van der Waals surface area contributed by atoms with Crippen LogP contribution in [-0.4, -0.2) is 9.97 Å². The number of hydrogen-bond donors (Lipinski definition) is 1. The molecular weight excluding hydrogens is 449 g/mol. The van der Waals surface area contributed by atoms with E-state index < -0.39 is 0 Å². The molecule has 31 heavy (non-hydrogen) atoms. The lowest BCUT2D eigenvalue weighted by Gasteiger charge is -2.20. The van der Waals surface area contributed by atoms with Crippen LogP contribution in [0.25, 0.3) is 0 Å². The van der Waals surface area contributed by atoms with Crippen LogP contribution >= 0.6 is 34.8 Å². The van der Waals surface area contributed by atoms with Gasteiger partial charge in [0.1, 0.15) is 17.6 Å². The van der Waals surface area contributed by atoms with Crippen molar-refractivity contribution in [3.8, 4) is 6.07 Å². The van der Waals surface area contributed by atoms with Crippen molar-refractivity contribution >= 4 is 34.8 Å². The molecule has 0 radical (unpaired) electrons. The molecule has 0 fully saturated rings. The third kappa shape index (κ3) is 9.44. The summed E-state index contributed by atoms with van der Waals surface area (Å²) in [6.45, 7) is 2.26. The molecule has 3 nitrogen and oxygen atoms in total. The first-order valence-electron chi connectivity index (χ1n) is 11.6. The van der Waals surface area contributed by atoms with E-state index in [1.807, 2.05) is 0 Å². The summed E-state index contributed by atoms with van der Waals surface area (Å²) in [4.78, 5) is 7.31. The molecule has 0 bridgehead atoms. The van der Waals surface area contributed by atoms with Crippen molar-refractivity contribution in [3.63, 3.8) is 0 Å². The summed E-state index contributed by atoms with van der Waals surface area (Å²) in [5.41, 5.74) is 1.56. The first-order valence-corrected chi connectivity index (χ1v) is 12.8. The van der Waals surface area contributed by atoms with Gasteiger partial charge in [-0.15, -0.1) is 0 Å². The molecule has 2 rings (SSSR count). The number of hydrogen-bond acceptors (Lipinski definition) is 2. The van der Waals surface area contributed by atoms with E-state index in [4.69, 9.17) is 40.1 Å². The average molecular weight is 483 g/mol. The van der Waals surface area contributed by atoms with Crippen molar-refractivity contribution in [1.82, 2.24) is 9.97 Å². The molecule has 0 aliphatic carbocycles. The SMILES string of the molecule is CCCCCCCCCCC(CCCCc1ncc(C#N)[nH]1)c1c(Cl)cc(Cl)cc1Cl. The largest absolute Gasteiger partial charge is 0.334 e. The van der Waals surface area contributed by atoms with Crippen LogP contribution in [0.3, 0.4) is 0 Å². The Morgan fingerprint density at radius 1 is 0.903 bits per heavy atom. The predicted octanol–water partition coefficient (Wildman–Crippen LogP) is 9.27. The Kier molecular flexibility index (Phi) is 12.4. The Morgan fingerprint density at radius 2 is 1.48 bits per heavy atom.